The Kier molecular flexibility index (Phi) is 4.36. The van der Waals surface area contributed by atoms with Crippen LogP contribution in [0.5, 0.6) is 5.75 Å². The molecule has 0 fully saturated rings. The van der Waals surface area contributed by atoms with Gasteiger partial charge in [-0.3, -0.25) is 19.0 Å². The molecule has 0 radical (unpaired) electrons. The molecule has 3 aromatic rings. The molecule has 0 spiro atoms. The summed E-state index contributed by atoms with van der Waals surface area (Å²) in [4.78, 5) is 43.2. The Morgan fingerprint density at radius 1 is 1.33 bits per heavy atom. The molecule has 0 bridgehead atoms. The highest BCUT2D eigenvalue weighted by Crippen LogP contribution is 2.33. The summed E-state index contributed by atoms with van der Waals surface area (Å²) in [6.45, 7) is -0.104. The number of thiophene rings is 1. The fourth-order valence-electron chi connectivity index (χ4n) is 2.99. The zero-order valence-corrected chi connectivity index (χ0v) is 15.2. The van der Waals surface area contributed by atoms with E-state index >= 15 is 0 Å². The number of benzene rings is 1. The predicted molar refractivity (Wildman–Crippen MR) is 101 cm³/mol. The summed E-state index contributed by atoms with van der Waals surface area (Å²) >= 11 is 1.29. The minimum Gasteiger partial charge on any atom is -0.477 e. The van der Waals surface area contributed by atoms with Crippen molar-refractivity contribution in [2.75, 3.05) is 18.5 Å². The number of nitrogens with zero attached hydrogens (tertiary/aromatic N) is 3. The highest BCUT2D eigenvalue weighted by atomic mass is 32.1. The van der Waals surface area contributed by atoms with Gasteiger partial charge in [-0.2, -0.15) is 0 Å². The minimum absolute atomic E-state index is 0.0684. The van der Waals surface area contributed by atoms with Crippen LogP contribution in [0.1, 0.15) is 0 Å². The zero-order valence-electron chi connectivity index (χ0n) is 14.4. The van der Waals surface area contributed by atoms with Gasteiger partial charge in [0.25, 0.3) is 11.5 Å². The molecular formula is C18H16N4O4S. The quantitative estimate of drug-likeness (QED) is 0.727. The maximum atomic E-state index is 13.0. The number of nitrogens with one attached hydrogen (secondary N) is 1. The van der Waals surface area contributed by atoms with E-state index in [0.29, 0.717) is 21.7 Å². The van der Waals surface area contributed by atoms with Crippen LogP contribution in [-0.2, 0) is 16.1 Å². The minimum atomic E-state index is -0.816. The smallest absolute Gasteiger partial charge is 0.271 e. The number of carbonyl (C=O) groups is 2. The third-order valence-electron chi connectivity index (χ3n) is 4.35. The van der Waals surface area contributed by atoms with Crippen LogP contribution in [-0.4, -0.2) is 41.1 Å². The Balaban J connectivity index is 1.66. The Morgan fingerprint density at radius 2 is 2.15 bits per heavy atom. The van der Waals surface area contributed by atoms with E-state index in [1.807, 2.05) is 0 Å². The van der Waals surface area contributed by atoms with Crippen molar-refractivity contribution < 1.29 is 14.3 Å². The summed E-state index contributed by atoms with van der Waals surface area (Å²) in [5.41, 5.74) is 0.929. The first-order valence-corrected chi connectivity index (χ1v) is 9.16. The summed E-state index contributed by atoms with van der Waals surface area (Å²) in [6.07, 6.45) is 0.557. The van der Waals surface area contributed by atoms with Crippen LogP contribution in [0.25, 0.3) is 10.2 Å². The molecule has 1 aliphatic heterocycles. The van der Waals surface area contributed by atoms with Gasteiger partial charge in [0.15, 0.2) is 6.10 Å². The third-order valence-corrected chi connectivity index (χ3v) is 5.25. The average molecular weight is 384 g/mol. The molecule has 1 atom stereocenters. The van der Waals surface area contributed by atoms with Gasteiger partial charge >= 0.3 is 0 Å². The first-order valence-electron chi connectivity index (χ1n) is 8.29. The summed E-state index contributed by atoms with van der Waals surface area (Å²) in [5.74, 6) is -0.189. The number of carbonyl (C=O) groups excluding carboxylic acids is 2. The van der Waals surface area contributed by atoms with Gasteiger partial charge in [0, 0.05) is 7.05 Å². The van der Waals surface area contributed by atoms with Gasteiger partial charge in [-0.25, -0.2) is 4.98 Å². The van der Waals surface area contributed by atoms with Crippen LogP contribution in [0.2, 0.25) is 0 Å². The van der Waals surface area contributed by atoms with Gasteiger partial charge in [-0.1, -0.05) is 12.1 Å². The van der Waals surface area contributed by atoms with Crippen molar-refractivity contribution in [3.05, 3.63) is 52.4 Å². The number of aromatic nitrogens is 2. The van der Waals surface area contributed by atoms with Crippen LogP contribution in [0, 0.1) is 0 Å². The van der Waals surface area contributed by atoms with Gasteiger partial charge in [0.1, 0.15) is 17.0 Å². The van der Waals surface area contributed by atoms with E-state index in [1.54, 1.807) is 35.7 Å². The molecule has 2 aromatic heterocycles. The third kappa shape index (κ3) is 3.06. The molecule has 8 nitrogen and oxygen atoms in total. The predicted octanol–water partition coefficient (Wildman–Crippen LogP) is 0.998. The van der Waals surface area contributed by atoms with Crippen LogP contribution in [0.3, 0.4) is 0 Å². The van der Waals surface area contributed by atoms with Crippen LogP contribution < -0.4 is 20.5 Å². The van der Waals surface area contributed by atoms with Crippen molar-refractivity contribution in [1.82, 2.24) is 14.9 Å². The molecule has 27 heavy (non-hydrogen) atoms. The Morgan fingerprint density at radius 3 is 2.96 bits per heavy atom. The van der Waals surface area contributed by atoms with E-state index < -0.39 is 6.10 Å². The summed E-state index contributed by atoms with van der Waals surface area (Å²) in [7, 11) is 1.51. The topological polar surface area (TPSA) is 93.5 Å². The lowest BCUT2D eigenvalue weighted by molar-refractivity contribution is -0.128. The highest BCUT2D eigenvalue weighted by molar-refractivity contribution is 7.17. The molecule has 0 aliphatic carbocycles. The molecule has 9 heteroatoms. The monoisotopic (exact) mass is 384 g/mol. The summed E-state index contributed by atoms with van der Waals surface area (Å²) < 4.78 is 7.50. The van der Waals surface area contributed by atoms with Crippen LogP contribution >= 0.6 is 11.3 Å². The molecular weight excluding hydrogens is 368 g/mol. The lowest BCUT2D eigenvalue weighted by Crippen LogP contribution is -2.51. The second-order valence-corrected chi connectivity index (χ2v) is 6.92. The van der Waals surface area contributed by atoms with Crippen molar-refractivity contribution in [2.24, 2.45) is 0 Å². The number of fused-ring (bicyclic) bond motifs is 2. The molecule has 3 heterocycles. The second-order valence-electron chi connectivity index (χ2n) is 6.01. The van der Waals surface area contributed by atoms with Gasteiger partial charge in [-0.05, 0) is 23.6 Å². The van der Waals surface area contributed by atoms with Crippen LogP contribution in [0.15, 0.2) is 46.8 Å². The fourth-order valence-corrected chi connectivity index (χ4v) is 3.78. The molecule has 1 aromatic carbocycles. The zero-order chi connectivity index (χ0) is 19.0. The van der Waals surface area contributed by atoms with E-state index in [9.17, 15) is 14.4 Å². The van der Waals surface area contributed by atoms with Gasteiger partial charge in [-0.15, -0.1) is 11.3 Å². The molecule has 4 rings (SSSR count). The Bertz CT molecular complexity index is 1090. The normalized spacial score (nSPS) is 15.9. The maximum Gasteiger partial charge on any atom is 0.271 e. The van der Waals surface area contributed by atoms with Crippen molar-refractivity contribution in [3.63, 3.8) is 0 Å². The number of amides is 2. The van der Waals surface area contributed by atoms with Crippen molar-refractivity contribution in [1.29, 1.82) is 0 Å². The average Bonchev–Trinajstić information content (AvgIpc) is 3.18. The molecule has 0 unspecified atom stereocenters. The van der Waals surface area contributed by atoms with Gasteiger partial charge in [0.2, 0.25) is 5.91 Å². The fraction of sp³-hybridized carbons (Fsp3) is 0.222. The molecule has 138 valence electrons. The van der Waals surface area contributed by atoms with Crippen molar-refractivity contribution in [2.45, 2.75) is 12.6 Å². The number of ether oxygens (including phenoxy) is 1. The Labute approximate surface area is 158 Å². The van der Waals surface area contributed by atoms with E-state index in [0.717, 1.165) is 0 Å². The maximum absolute atomic E-state index is 13.0. The number of likely N-dealkylation sites (N-methyl/N-ethyl adjacent to an activating group) is 1. The number of rotatable bonds is 3. The first-order chi connectivity index (χ1) is 13.1. The number of hydrogen-bond donors (Lipinski definition) is 1. The van der Waals surface area contributed by atoms with E-state index in [2.05, 4.69) is 10.3 Å². The van der Waals surface area contributed by atoms with Gasteiger partial charge in [0.05, 0.1) is 24.1 Å². The number of anilines is 1. The van der Waals surface area contributed by atoms with E-state index in [-0.39, 0.29) is 30.5 Å². The number of para-hydroxylation sites is 2. The lowest BCUT2D eigenvalue weighted by Gasteiger charge is -2.34. The molecule has 0 saturated carbocycles. The number of hydrogen-bond acceptors (Lipinski definition) is 6. The van der Waals surface area contributed by atoms with Gasteiger partial charge < -0.3 is 15.0 Å². The van der Waals surface area contributed by atoms with E-state index in [4.69, 9.17) is 4.74 Å². The van der Waals surface area contributed by atoms with Crippen molar-refractivity contribution >= 4 is 39.1 Å². The van der Waals surface area contributed by atoms with Crippen molar-refractivity contribution in [3.8, 4) is 5.75 Å². The summed E-state index contributed by atoms with van der Waals surface area (Å²) in [6, 6.07) is 8.77. The Hall–Kier alpha value is -3.20. The van der Waals surface area contributed by atoms with Crippen LogP contribution in [0.4, 0.5) is 5.69 Å². The lowest BCUT2D eigenvalue weighted by atomic mass is 10.1. The second kappa shape index (κ2) is 6.84. The highest BCUT2D eigenvalue weighted by Gasteiger charge is 2.33. The largest absolute Gasteiger partial charge is 0.477 e. The van der Waals surface area contributed by atoms with E-state index in [1.165, 1.54) is 34.2 Å². The summed E-state index contributed by atoms with van der Waals surface area (Å²) in [5, 5.41) is 4.32. The standard InChI is InChI=1S/C18H16N4O4S/c1-19-17(24)14-8-22(12-4-2-3-5-13(12)26-14)15(23)9-21-10-20-11-6-7-27-16(11)18(21)25/h2-7,10,14H,8-9H2,1H3,(H,19,24)/t14-/m1/s1. The first kappa shape index (κ1) is 17.2. The molecule has 1 N–H and O–H groups in total. The molecule has 1 aliphatic rings. The molecule has 2 amide bonds. The SMILES string of the molecule is CNC(=O)[C@H]1CN(C(=O)Cn2cnc3ccsc3c2=O)c2ccccc2O1. The molecule has 0 saturated heterocycles.